The maximum absolute atomic E-state index is 12.6. The number of benzene rings is 1. The maximum atomic E-state index is 12.6. The molecule has 1 amide bonds. The number of carbonyl (C=O) groups excluding carboxylic acids is 1. The molecule has 4 atom stereocenters. The molecule has 4 unspecified atom stereocenters. The average Bonchev–Trinajstić information content (AvgIpc) is 3.05. The number of unbranched alkanes of at least 4 members (excludes halogenated alkanes) is 1. The summed E-state index contributed by atoms with van der Waals surface area (Å²) in [6.45, 7) is 10.4. The Hall–Kier alpha value is -2.51. The van der Waals surface area contributed by atoms with Crippen LogP contribution in [-0.2, 0) is 16.0 Å². The summed E-state index contributed by atoms with van der Waals surface area (Å²) in [5, 5.41) is 13.1. The van der Waals surface area contributed by atoms with Gasteiger partial charge in [0.25, 0.3) is 0 Å². The number of hydrogen-bond acceptors (Lipinski definition) is 6. The van der Waals surface area contributed by atoms with E-state index in [4.69, 9.17) is 10.5 Å². The summed E-state index contributed by atoms with van der Waals surface area (Å²) >= 11 is 0. The quantitative estimate of drug-likeness (QED) is 0.309. The lowest BCUT2D eigenvalue weighted by Gasteiger charge is -2.24. The zero-order valence-corrected chi connectivity index (χ0v) is 20.4. The highest BCUT2D eigenvalue weighted by Gasteiger charge is 2.34. The van der Waals surface area contributed by atoms with Crippen molar-refractivity contribution in [3.8, 4) is 0 Å². The van der Waals surface area contributed by atoms with Crippen LogP contribution >= 0.6 is 0 Å². The molecular formula is C26H41N5O2. The normalized spacial score (nSPS) is 22.9. The zero-order valence-electron chi connectivity index (χ0n) is 20.4. The Labute approximate surface area is 198 Å². The molecule has 0 radical (unpaired) electrons. The van der Waals surface area contributed by atoms with Gasteiger partial charge in [0.1, 0.15) is 12.3 Å². The first-order valence-corrected chi connectivity index (χ1v) is 12.3. The van der Waals surface area contributed by atoms with Crippen LogP contribution in [0.1, 0.15) is 64.9 Å². The lowest BCUT2D eigenvalue weighted by atomic mass is 9.89. The van der Waals surface area contributed by atoms with Crippen LogP contribution in [0.25, 0.3) is 0 Å². The Morgan fingerprint density at radius 3 is 2.55 bits per heavy atom. The predicted molar refractivity (Wildman–Crippen MR) is 134 cm³/mol. The van der Waals surface area contributed by atoms with E-state index >= 15 is 0 Å². The topological polar surface area (TPSA) is 100 Å². The van der Waals surface area contributed by atoms with E-state index in [1.54, 1.807) is 5.57 Å². The summed E-state index contributed by atoms with van der Waals surface area (Å²) < 4.78 is 5.62. The van der Waals surface area contributed by atoms with Gasteiger partial charge in [-0.15, -0.1) is 0 Å². The van der Waals surface area contributed by atoms with Crippen LogP contribution in [0.15, 0.2) is 47.9 Å². The number of amides is 1. The molecule has 7 nitrogen and oxygen atoms in total. The molecule has 2 fully saturated rings. The predicted octanol–water partition coefficient (Wildman–Crippen LogP) is 3.50. The van der Waals surface area contributed by atoms with E-state index in [0.29, 0.717) is 5.82 Å². The highest BCUT2D eigenvalue weighted by atomic mass is 16.5. The third-order valence-corrected chi connectivity index (χ3v) is 6.35. The number of nitrogens with one attached hydrogen (secondary N) is 4. The molecule has 2 aliphatic rings. The molecule has 0 aromatic heterocycles. The van der Waals surface area contributed by atoms with Crippen molar-refractivity contribution < 1.29 is 9.53 Å². The van der Waals surface area contributed by atoms with E-state index in [2.05, 4.69) is 52.1 Å². The van der Waals surface area contributed by atoms with Gasteiger partial charge in [0.05, 0.1) is 11.9 Å². The van der Waals surface area contributed by atoms with Crippen LogP contribution in [0.5, 0.6) is 0 Å². The smallest absolute Gasteiger partial charge is 0.240 e. The van der Waals surface area contributed by atoms with Crippen LogP contribution in [0.4, 0.5) is 5.69 Å². The monoisotopic (exact) mass is 455 g/mol. The van der Waals surface area contributed by atoms with Crippen LogP contribution in [0, 0.1) is 0 Å². The number of rotatable bonds is 12. The number of carbonyl (C=O) groups is 1. The molecule has 1 saturated carbocycles. The second kappa shape index (κ2) is 12.1. The molecule has 1 aliphatic heterocycles. The molecule has 0 bridgehead atoms. The Morgan fingerprint density at radius 2 is 1.97 bits per heavy atom. The minimum atomic E-state index is -0.295. The fraction of sp³-hybridized carbons (Fsp3) is 0.577. The van der Waals surface area contributed by atoms with Crippen LogP contribution in [0.2, 0.25) is 0 Å². The zero-order chi connectivity index (χ0) is 23.8. The van der Waals surface area contributed by atoms with Crippen molar-refractivity contribution in [3.05, 3.63) is 53.5 Å². The van der Waals surface area contributed by atoms with Crippen molar-refractivity contribution in [2.45, 2.75) is 90.1 Å². The average molecular weight is 456 g/mol. The van der Waals surface area contributed by atoms with E-state index in [0.717, 1.165) is 37.9 Å². The number of allylic oxidation sites excluding steroid dienone is 2. The van der Waals surface area contributed by atoms with Gasteiger partial charge in [0.15, 0.2) is 0 Å². The first-order chi connectivity index (χ1) is 15.8. The van der Waals surface area contributed by atoms with Crippen molar-refractivity contribution in [1.82, 2.24) is 16.0 Å². The molecule has 1 heterocycles. The Morgan fingerprint density at radius 1 is 1.24 bits per heavy atom. The van der Waals surface area contributed by atoms with Gasteiger partial charge in [0, 0.05) is 24.0 Å². The third-order valence-electron chi connectivity index (χ3n) is 6.35. The van der Waals surface area contributed by atoms with Gasteiger partial charge in [-0.1, -0.05) is 24.3 Å². The van der Waals surface area contributed by atoms with Crippen molar-refractivity contribution >= 4 is 11.6 Å². The molecule has 1 saturated heterocycles. The molecule has 182 valence electrons. The van der Waals surface area contributed by atoms with Crippen molar-refractivity contribution in [3.63, 3.8) is 0 Å². The van der Waals surface area contributed by atoms with Crippen molar-refractivity contribution in [1.29, 1.82) is 0 Å². The molecule has 33 heavy (non-hydrogen) atoms. The number of nitrogens with two attached hydrogens (primary N) is 1. The van der Waals surface area contributed by atoms with Crippen molar-refractivity contribution in [2.75, 3.05) is 11.9 Å². The highest BCUT2D eigenvalue weighted by molar-refractivity contribution is 5.83. The Kier molecular flexibility index (Phi) is 9.21. The minimum Gasteiger partial charge on any atom is -0.386 e. The maximum Gasteiger partial charge on any atom is 0.240 e. The molecule has 3 rings (SSSR count). The summed E-state index contributed by atoms with van der Waals surface area (Å²) in [5.74, 6) is 0.536. The molecule has 1 aromatic carbocycles. The van der Waals surface area contributed by atoms with E-state index in [-0.39, 0.29) is 30.3 Å². The largest absolute Gasteiger partial charge is 0.386 e. The number of anilines is 1. The fourth-order valence-electron chi connectivity index (χ4n) is 4.41. The lowest BCUT2D eigenvalue weighted by Crippen LogP contribution is -2.49. The first kappa shape index (κ1) is 25.1. The van der Waals surface area contributed by atoms with Crippen molar-refractivity contribution in [2.24, 2.45) is 5.73 Å². The van der Waals surface area contributed by atoms with Gasteiger partial charge in [0.2, 0.25) is 5.91 Å². The second-order valence-corrected chi connectivity index (χ2v) is 9.41. The lowest BCUT2D eigenvalue weighted by molar-refractivity contribution is -0.124. The molecule has 1 aliphatic carbocycles. The molecule has 0 spiro atoms. The highest BCUT2D eigenvalue weighted by Crippen LogP contribution is 2.31. The standard InChI is InChI=1S/C26H41N5O2/c1-17(29-26(32)25-18(2)33-20(4)30-25)16-21-11-13-23(14-12-21)31-24(22-8-7-9-22)10-5-6-15-28-19(3)27/h11-14,17-18,20,25,28,30-31H,3,5-10,15-16,27H2,1-2,4H3,(H,29,32). The molecular weight excluding hydrogens is 414 g/mol. The summed E-state index contributed by atoms with van der Waals surface area (Å²) in [6, 6.07) is 8.32. The van der Waals surface area contributed by atoms with Gasteiger partial charge >= 0.3 is 0 Å². The number of hydrogen-bond donors (Lipinski definition) is 5. The minimum absolute atomic E-state index is 0.000351. The SMILES string of the molecule is C=C(N)NCCCCC(Nc1ccc(CC(C)NC(=O)C2NC(C)OC2C)cc1)=C1CCC1. The summed E-state index contributed by atoms with van der Waals surface area (Å²) in [7, 11) is 0. The third kappa shape index (κ3) is 7.79. The summed E-state index contributed by atoms with van der Waals surface area (Å²) in [4.78, 5) is 12.6. The summed E-state index contributed by atoms with van der Waals surface area (Å²) in [6.07, 6.45) is 7.50. The van der Waals surface area contributed by atoms with Gasteiger partial charge in [-0.05, 0) is 83.4 Å². The Bertz CT molecular complexity index is 830. The molecule has 6 N–H and O–H groups in total. The van der Waals surface area contributed by atoms with Crippen LogP contribution < -0.4 is 27.0 Å². The molecule has 1 aromatic rings. The molecule has 7 heteroatoms. The van der Waals surface area contributed by atoms with Gasteiger partial charge in [-0.25, -0.2) is 0 Å². The van der Waals surface area contributed by atoms with E-state index in [9.17, 15) is 4.79 Å². The van der Waals surface area contributed by atoms with E-state index < -0.39 is 0 Å². The number of ether oxygens (including phenoxy) is 1. The van der Waals surface area contributed by atoms with Crippen LogP contribution in [-0.4, -0.2) is 36.9 Å². The first-order valence-electron chi connectivity index (χ1n) is 12.3. The fourth-order valence-corrected chi connectivity index (χ4v) is 4.41. The summed E-state index contributed by atoms with van der Waals surface area (Å²) in [5.41, 5.74) is 10.8. The van der Waals surface area contributed by atoms with Gasteiger partial charge in [-0.2, -0.15) is 0 Å². The Balaban J connectivity index is 1.47. The van der Waals surface area contributed by atoms with Gasteiger partial charge in [-0.3, -0.25) is 10.1 Å². The van der Waals surface area contributed by atoms with E-state index in [1.165, 1.54) is 30.5 Å². The van der Waals surface area contributed by atoms with E-state index in [1.807, 2.05) is 20.8 Å². The van der Waals surface area contributed by atoms with Crippen LogP contribution in [0.3, 0.4) is 0 Å². The van der Waals surface area contributed by atoms with Gasteiger partial charge < -0.3 is 26.4 Å². The second-order valence-electron chi connectivity index (χ2n) is 9.41.